The van der Waals surface area contributed by atoms with Crippen LogP contribution in [0, 0.1) is 0 Å². The molecule has 0 aromatic rings. The molecular weight excluding hydrogens is 220 g/mol. The number of carbonyl (C=O) groups excluding carboxylic acids is 3. The summed E-state index contributed by atoms with van der Waals surface area (Å²) in [5.41, 5.74) is 0. The molecular formula is C10H13ClO4. The number of esters is 1. The summed E-state index contributed by atoms with van der Waals surface area (Å²) in [6, 6.07) is 0. The van der Waals surface area contributed by atoms with Crippen molar-refractivity contribution in [3.63, 3.8) is 0 Å². The molecule has 0 radical (unpaired) electrons. The molecule has 0 atom stereocenters. The molecule has 4 nitrogen and oxygen atoms in total. The number of hydrogen-bond donors (Lipinski definition) is 0. The van der Waals surface area contributed by atoms with Crippen LogP contribution in [-0.4, -0.2) is 29.0 Å². The van der Waals surface area contributed by atoms with Gasteiger partial charge in [0.2, 0.25) is 0 Å². The molecule has 0 spiro atoms. The van der Waals surface area contributed by atoms with E-state index < -0.39 is 10.8 Å². The van der Waals surface area contributed by atoms with Crippen LogP contribution < -0.4 is 0 Å². The van der Waals surface area contributed by atoms with E-state index in [-0.39, 0.29) is 37.4 Å². The van der Waals surface area contributed by atoms with E-state index in [2.05, 4.69) is 4.74 Å². The van der Waals surface area contributed by atoms with Crippen molar-refractivity contribution in [3.8, 4) is 0 Å². The van der Waals surface area contributed by atoms with E-state index >= 15 is 0 Å². The topological polar surface area (TPSA) is 60.4 Å². The number of ketones is 2. The highest BCUT2D eigenvalue weighted by atomic mass is 35.5. The number of alkyl halides is 1. The first-order valence-corrected chi connectivity index (χ1v) is 5.29. The SMILES string of the molecule is CCOC(=O)CC1(Cl)C(=O)CCCC1=O. The molecule has 1 rings (SSSR count). The lowest BCUT2D eigenvalue weighted by Gasteiger charge is -2.26. The molecule has 0 aromatic heterocycles. The zero-order valence-electron chi connectivity index (χ0n) is 8.55. The minimum Gasteiger partial charge on any atom is -0.466 e. The van der Waals surface area contributed by atoms with Crippen molar-refractivity contribution in [3.05, 3.63) is 0 Å². The van der Waals surface area contributed by atoms with Crippen molar-refractivity contribution < 1.29 is 19.1 Å². The fourth-order valence-electron chi connectivity index (χ4n) is 1.57. The second kappa shape index (κ2) is 4.75. The second-order valence-corrected chi connectivity index (χ2v) is 4.13. The predicted molar refractivity (Wildman–Crippen MR) is 53.7 cm³/mol. The van der Waals surface area contributed by atoms with E-state index in [9.17, 15) is 14.4 Å². The van der Waals surface area contributed by atoms with Gasteiger partial charge in [-0.1, -0.05) is 0 Å². The molecule has 1 aliphatic rings. The van der Waals surface area contributed by atoms with Gasteiger partial charge in [0.25, 0.3) is 0 Å². The Bertz CT molecular complexity index is 282. The molecule has 0 N–H and O–H groups in total. The maximum atomic E-state index is 11.5. The highest BCUT2D eigenvalue weighted by Gasteiger charge is 2.47. The standard InChI is InChI=1S/C10H13ClO4/c1-2-15-9(14)6-10(11)7(12)4-3-5-8(10)13/h2-6H2,1H3. The Morgan fingerprint density at radius 2 is 1.93 bits per heavy atom. The van der Waals surface area contributed by atoms with Crippen LogP contribution in [0.25, 0.3) is 0 Å². The molecule has 0 bridgehead atoms. The van der Waals surface area contributed by atoms with Crippen LogP contribution >= 0.6 is 11.6 Å². The molecule has 5 heteroatoms. The Kier molecular flexibility index (Phi) is 3.85. The summed E-state index contributed by atoms with van der Waals surface area (Å²) in [6.07, 6.45) is 0.693. The number of halogens is 1. The number of rotatable bonds is 3. The van der Waals surface area contributed by atoms with Gasteiger partial charge in [-0.25, -0.2) is 0 Å². The van der Waals surface area contributed by atoms with Crippen molar-refractivity contribution in [2.75, 3.05) is 6.61 Å². The van der Waals surface area contributed by atoms with Gasteiger partial charge in [0.15, 0.2) is 16.4 Å². The first-order valence-electron chi connectivity index (χ1n) is 4.92. The number of carbonyl (C=O) groups is 3. The van der Waals surface area contributed by atoms with Gasteiger partial charge in [-0.3, -0.25) is 14.4 Å². The van der Waals surface area contributed by atoms with E-state index in [0.717, 1.165) is 0 Å². The van der Waals surface area contributed by atoms with Gasteiger partial charge in [0.1, 0.15) is 0 Å². The third-order valence-corrected chi connectivity index (χ3v) is 2.94. The third-order valence-electron chi connectivity index (χ3n) is 2.38. The summed E-state index contributed by atoms with van der Waals surface area (Å²) in [4.78, 5) is 32.5. The molecule has 0 saturated heterocycles. The number of hydrogen-bond acceptors (Lipinski definition) is 4. The monoisotopic (exact) mass is 232 g/mol. The van der Waals surface area contributed by atoms with E-state index in [1.54, 1.807) is 6.92 Å². The molecule has 0 heterocycles. The fourth-order valence-corrected chi connectivity index (χ4v) is 1.87. The second-order valence-electron chi connectivity index (χ2n) is 3.48. The summed E-state index contributed by atoms with van der Waals surface area (Å²) in [7, 11) is 0. The lowest BCUT2D eigenvalue weighted by molar-refractivity contribution is -0.148. The zero-order chi connectivity index (χ0) is 11.5. The smallest absolute Gasteiger partial charge is 0.308 e. The number of Topliss-reactive ketones (excluding diaryl/α,β-unsaturated/α-hetero) is 2. The van der Waals surface area contributed by atoms with E-state index in [4.69, 9.17) is 11.6 Å². The molecule has 0 unspecified atom stereocenters. The van der Waals surface area contributed by atoms with Crippen molar-refractivity contribution >= 4 is 29.1 Å². The molecule has 15 heavy (non-hydrogen) atoms. The van der Waals surface area contributed by atoms with E-state index in [1.807, 2.05) is 0 Å². The molecule has 0 aliphatic heterocycles. The van der Waals surface area contributed by atoms with Gasteiger partial charge < -0.3 is 4.74 Å². The Morgan fingerprint density at radius 1 is 1.40 bits per heavy atom. The Hall–Kier alpha value is -0.900. The van der Waals surface area contributed by atoms with Gasteiger partial charge in [0.05, 0.1) is 13.0 Å². The average Bonchev–Trinajstić information content (AvgIpc) is 2.15. The van der Waals surface area contributed by atoms with Crippen LogP contribution in [0.15, 0.2) is 0 Å². The maximum Gasteiger partial charge on any atom is 0.308 e. The third kappa shape index (κ3) is 2.56. The van der Waals surface area contributed by atoms with Crippen molar-refractivity contribution in [2.24, 2.45) is 0 Å². The average molecular weight is 233 g/mol. The molecule has 1 aliphatic carbocycles. The fraction of sp³-hybridized carbons (Fsp3) is 0.700. The summed E-state index contributed by atoms with van der Waals surface area (Å²) in [6.45, 7) is 1.87. The maximum absolute atomic E-state index is 11.5. The summed E-state index contributed by atoms with van der Waals surface area (Å²) >= 11 is 5.91. The van der Waals surface area contributed by atoms with Crippen LogP contribution in [-0.2, 0) is 19.1 Å². The van der Waals surface area contributed by atoms with Crippen LogP contribution in [0.4, 0.5) is 0 Å². The van der Waals surface area contributed by atoms with Crippen molar-refractivity contribution in [1.29, 1.82) is 0 Å². The first kappa shape index (κ1) is 12.2. The van der Waals surface area contributed by atoms with Crippen molar-refractivity contribution in [2.45, 2.75) is 37.5 Å². The number of ether oxygens (including phenoxy) is 1. The zero-order valence-corrected chi connectivity index (χ0v) is 9.30. The Balaban J connectivity index is 2.74. The minimum atomic E-state index is -1.66. The minimum absolute atomic E-state index is 0.216. The highest BCUT2D eigenvalue weighted by Crippen LogP contribution is 2.31. The highest BCUT2D eigenvalue weighted by molar-refractivity contribution is 6.48. The van der Waals surface area contributed by atoms with Gasteiger partial charge in [-0.05, 0) is 13.3 Å². The largest absolute Gasteiger partial charge is 0.466 e. The van der Waals surface area contributed by atoms with Gasteiger partial charge in [0, 0.05) is 12.8 Å². The van der Waals surface area contributed by atoms with Crippen molar-refractivity contribution in [1.82, 2.24) is 0 Å². The van der Waals surface area contributed by atoms with Crippen LogP contribution in [0.5, 0.6) is 0 Å². The lowest BCUT2D eigenvalue weighted by Crippen LogP contribution is -2.46. The van der Waals surface area contributed by atoms with Crippen LogP contribution in [0.3, 0.4) is 0 Å². The predicted octanol–water partition coefficient (Wildman–Crippen LogP) is 1.24. The molecule has 1 saturated carbocycles. The molecule has 1 fully saturated rings. The molecule has 0 amide bonds. The van der Waals surface area contributed by atoms with Gasteiger partial charge in [-0.15, -0.1) is 11.6 Å². The lowest BCUT2D eigenvalue weighted by atomic mass is 9.83. The van der Waals surface area contributed by atoms with Crippen LogP contribution in [0.2, 0.25) is 0 Å². The quantitative estimate of drug-likeness (QED) is 0.417. The van der Waals surface area contributed by atoms with Gasteiger partial charge >= 0.3 is 5.97 Å². The summed E-state index contributed by atoms with van der Waals surface area (Å²) < 4.78 is 4.68. The first-order chi connectivity index (χ1) is 7.00. The molecule has 84 valence electrons. The summed E-state index contributed by atoms with van der Waals surface area (Å²) in [5.74, 6) is -1.34. The van der Waals surface area contributed by atoms with E-state index in [1.165, 1.54) is 0 Å². The van der Waals surface area contributed by atoms with E-state index in [0.29, 0.717) is 6.42 Å². The Morgan fingerprint density at radius 3 is 2.40 bits per heavy atom. The van der Waals surface area contributed by atoms with Crippen LogP contribution in [0.1, 0.15) is 32.6 Å². The van der Waals surface area contributed by atoms with Gasteiger partial charge in [-0.2, -0.15) is 0 Å². The summed E-state index contributed by atoms with van der Waals surface area (Å²) in [5, 5.41) is 0. The normalized spacial score (nSPS) is 20.1. The molecule has 0 aromatic carbocycles. The Labute approximate surface area is 92.9 Å².